The Hall–Kier alpha value is -1.39. The van der Waals surface area contributed by atoms with Crippen molar-refractivity contribution in [1.29, 1.82) is 0 Å². The number of carbonyl (C=O) groups is 1. The third kappa shape index (κ3) is 3.28. The number of carbonyl (C=O) groups excluding carboxylic acids is 1. The van der Waals surface area contributed by atoms with Crippen LogP contribution in [0.15, 0.2) is 24.3 Å². The molecule has 1 aliphatic heterocycles. The Labute approximate surface area is 101 Å². The van der Waals surface area contributed by atoms with Crippen molar-refractivity contribution in [3.8, 4) is 0 Å². The van der Waals surface area contributed by atoms with E-state index < -0.39 is 0 Å². The zero-order valence-electron chi connectivity index (χ0n) is 10.0. The van der Waals surface area contributed by atoms with Gasteiger partial charge in [-0.1, -0.05) is 12.1 Å². The van der Waals surface area contributed by atoms with Crippen LogP contribution in [0.1, 0.15) is 12.0 Å². The summed E-state index contributed by atoms with van der Waals surface area (Å²) in [5, 5.41) is 6.00. The molecule has 17 heavy (non-hydrogen) atoms. The van der Waals surface area contributed by atoms with Crippen molar-refractivity contribution >= 4 is 11.6 Å². The Morgan fingerprint density at radius 1 is 1.41 bits per heavy atom. The van der Waals surface area contributed by atoms with Crippen LogP contribution in [0.4, 0.5) is 5.69 Å². The zero-order chi connectivity index (χ0) is 12.1. The molecule has 0 bridgehead atoms. The van der Waals surface area contributed by atoms with Crippen LogP contribution in [0.5, 0.6) is 0 Å². The second-order valence-electron chi connectivity index (χ2n) is 4.28. The van der Waals surface area contributed by atoms with Crippen LogP contribution in [0.3, 0.4) is 0 Å². The van der Waals surface area contributed by atoms with Crippen molar-refractivity contribution in [3.63, 3.8) is 0 Å². The largest absolute Gasteiger partial charge is 0.381 e. The molecule has 0 aromatic heterocycles. The minimum absolute atomic E-state index is 0.00647. The zero-order valence-corrected chi connectivity index (χ0v) is 10.0. The molecule has 1 fully saturated rings. The first-order valence-electron chi connectivity index (χ1n) is 5.92. The molecule has 1 heterocycles. The second kappa shape index (κ2) is 5.80. The lowest BCUT2D eigenvalue weighted by molar-refractivity contribution is -0.119. The molecule has 1 aliphatic rings. The van der Waals surface area contributed by atoms with Gasteiger partial charge in [0.2, 0.25) is 5.91 Å². The summed E-state index contributed by atoms with van der Waals surface area (Å²) < 4.78 is 5.20. The number of ether oxygens (including phenoxy) is 1. The predicted octanol–water partition coefficient (Wildman–Crippen LogP) is 1.38. The smallest absolute Gasteiger partial charge is 0.229 e. The molecule has 0 saturated carbocycles. The number of nitrogens with one attached hydrogen (secondary N) is 2. The van der Waals surface area contributed by atoms with E-state index in [9.17, 15) is 4.79 Å². The van der Waals surface area contributed by atoms with E-state index in [-0.39, 0.29) is 11.8 Å². The van der Waals surface area contributed by atoms with E-state index in [1.165, 1.54) is 5.56 Å². The van der Waals surface area contributed by atoms with Gasteiger partial charge in [0.05, 0.1) is 12.5 Å². The van der Waals surface area contributed by atoms with Crippen LogP contribution in [-0.2, 0) is 16.1 Å². The molecular formula is C13H18N2O2. The van der Waals surface area contributed by atoms with Gasteiger partial charge in [0.1, 0.15) is 0 Å². The quantitative estimate of drug-likeness (QED) is 0.827. The van der Waals surface area contributed by atoms with Gasteiger partial charge in [-0.15, -0.1) is 0 Å². The minimum Gasteiger partial charge on any atom is -0.381 e. The highest BCUT2D eigenvalue weighted by Gasteiger charge is 2.23. The third-order valence-corrected chi connectivity index (χ3v) is 2.90. The van der Waals surface area contributed by atoms with Crippen molar-refractivity contribution in [2.45, 2.75) is 13.0 Å². The number of hydrogen-bond donors (Lipinski definition) is 2. The Morgan fingerprint density at radius 3 is 2.76 bits per heavy atom. The Kier molecular flexibility index (Phi) is 4.12. The summed E-state index contributed by atoms with van der Waals surface area (Å²) in [4.78, 5) is 11.8. The van der Waals surface area contributed by atoms with Crippen molar-refractivity contribution in [2.75, 3.05) is 25.6 Å². The van der Waals surface area contributed by atoms with Gasteiger partial charge in [-0.3, -0.25) is 4.79 Å². The van der Waals surface area contributed by atoms with Crippen LogP contribution in [-0.4, -0.2) is 26.2 Å². The lowest BCUT2D eigenvalue weighted by Crippen LogP contribution is -2.22. The number of anilines is 1. The van der Waals surface area contributed by atoms with Crippen molar-refractivity contribution in [1.82, 2.24) is 5.32 Å². The first kappa shape index (κ1) is 12.1. The van der Waals surface area contributed by atoms with Gasteiger partial charge in [0.25, 0.3) is 0 Å². The minimum atomic E-state index is 0.00647. The van der Waals surface area contributed by atoms with E-state index in [2.05, 4.69) is 10.6 Å². The molecule has 0 spiro atoms. The van der Waals surface area contributed by atoms with Gasteiger partial charge in [0.15, 0.2) is 0 Å². The van der Waals surface area contributed by atoms with Gasteiger partial charge in [-0.05, 0) is 31.2 Å². The highest BCUT2D eigenvalue weighted by atomic mass is 16.5. The first-order chi connectivity index (χ1) is 8.29. The van der Waals surface area contributed by atoms with E-state index in [4.69, 9.17) is 4.74 Å². The molecule has 1 unspecified atom stereocenters. The Bertz CT molecular complexity index is 370. The van der Waals surface area contributed by atoms with E-state index in [1.807, 2.05) is 31.3 Å². The van der Waals surface area contributed by atoms with Crippen LogP contribution < -0.4 is 10.6 Å². The van der Waals surface area contributed by atoms with Crippen molar-refractivity contribution < 1.29 is 9.53 Å². The summed E-state index contributed by atoms with van der Waals surface area (Å²) >= 11 is 0. The highest BCUT2D eigenvalue weighted by Crippen LogP contribution is 2.16. The molecule has 4 nitrogen and oxygen atoms in total. The second-order valence-corrected chi connectivity index (χ2v) is 4.28. The summed E-state index contributed by atoms with van der Waals surface area (Å²) in [5.74, 6) is 0.0656. The van der Waals surface area contributed by atoms with Crippen LogP contribution in [0.2, 0.25) is 0 Å². The third-order valence-electron chi connectivity index (χ3n) is 2.90. The Balaban J connectivity index is 1.91. The Morgan fingerprint density at radius 2 is 2.18 bits per heavy atom. The van der Waals surface area contributed by atoms with E-state index >= 15 is 0 Å². The summed E-state index contributed by atoms with van der Waals surface area (Å²) in [6.45, 7) is 2.08. The monoisotopic (exact) mass is 234 g/mol. The average molecular weight is 234 g/mol. The number of hydrogen-bond acceptors (Lipinski definition) is 3. The van der Waals surface area contributed by atoms with Crippen molar-refractivity contribution in [2.24, 2.45) is 5.92 Å². The van der Waals surface area contributed by atoms with Crippen LogP contribution in [0, 0.1) is 5.92 Å². The van der Waals surface area contributed by atoms with E-state index in [0.717, 1.165) is 18.7 Å². The average Bonchev–Trinajstić information content (AvgIpc) is 2.86. The summed E-state index contributed by atoms with van der Waals surface area (Å²) in [6.07, 6.45) is 0.823. The predicted molar refractivity (Wildman–Crippen MR) is 66.8 cm³/mol. The molecule has 92 valence electrons. The molecule has 1 aromatic carbocycles. The van der Waals surface area contributed by atoms with Gasteiger partial charge in [0, 0.05) is 18.8 Å². The maximum absolute atomic E-state index is 11.8. The molecule has 4 heteroatoms. The van der Waals surface area contributed by atoms with Crippen LogP contribution in [0.25, 0.3) is 0 Å². The first-order valence-corrected chi connectivity index (χ1v) is 5.92. The van der Waals surface area contributed by atoms with Gasteiger partial charge >= 0.3 is 0 Å². The van der Waals surface area contributed by atoms with Crippen LogP contribution >= 0.6 is 0 Å². The molecule has 1 atom stereocenters. The highest BCUT2D eigenvalue weighted by molar-refractivity contribution is 5.92. The fourth-order valence-electron chi connectivity index (χ4n) is 1.90. The summed E-state index contributed by atoms with van der Waals surface area (Å²) in [6, 6.07) is 7.88. The fraction of sp³-hybridized carbons (Fsp3) is 0.462. The molecule has 2 rings (SSSR count). The molecule has 1 saturated heterocycles. The molecule has 0 radical (unpaired) electrons. The topological polar surface area (TPSA) is 50.4 Å². The number of benzene rings is 1. The fourth-order valence-corrected chi connectivity index (χ4v) is 1.90. The SMILES string of the molecule is CNCc1ccc(NC(=O)C2CCOC2)cc1. The standard InChI is InChI=1S/C13H18N2O2/c1-14-8-10-2-4-12(5-3-10)15-13(16)11-6-7-17-9-11/h2-5,11,14H,6-9H2,1H3,(H,15,16). The maximum atomic E-state index is 11.8. The summed E-state index contributed by atoms with van der Waals surface area (Å²) in [7, 11) is 1.91. The summed E-state index contributed by atoms with van der Waals surface area (Å²) in [5.41, 5.74) is 2.05. The van der Waals surface area contributed by atoms with E-state index in [0.29, 0.717) is 13.2 Å². The molecule has 1 amide bonds. The number of rotatable bonds is 4. The van der Waals surface area contributed by atoms with E-state index in [1.54, 1.807) is 0 Å². The lowest BCUT2D eigenvalue weighted by atomic mass is 10.1. The molecular weight excluding hydrogens is 216 g/mol. The van der Waals surface area contributed by atoms with Gasteiger partial charge in [-0.25, -0.2) is 0 Å². The van der Waals surface area contributed by atoms with Crippen molar-refractivity contribution in [3.05, 3.63) is 29.8 Å². The molecule has 1 aromatic rings. The normalized spacial score (nSPS) is 19.2. The van der Waals surface area contributed by atoms with Gasteiger partial charge < -0.3 is 15.4 Å². The molecule has 2 N–H and O–H groups in total. The lowest BCUT2D eigenvalue weighted by Gasteiger charge is -2.09. The van der Waals surface area contributed by atoms with Gasteiger partial charge in [-0.2, -0.15) is 0 Å². The number of amides is 1. The molecule has 0 aliphatic carbocycles. The maximum Gasteiger partial charge on any atom is 0.229 e.